The Bertz CT molecular complexity index is 1100. The van der Waals surface area contributed by atoms with E-state index < -0.39 is 5.60 Å². The second-order valence-electron chi connectivity index (χ2n) is 13.0. The molecule has 2 N–H and O–H groups in total. The molecule has 2 aromatic rings. The van der Waals surface area contributed by atoms with E-state index in [9.17, 15) is 10.2 Å². The van der Waals surface area contributed by atoms with Crippen LogP contribution in [0.4, 0.5) is 0 Å². The summed E-state index contributed by atoms with van der Waals surface area (Å²) in [5, 5.41) is 23.0. The van der Waals surface area contributed by atoms with E-state index in [0.29, 0.717) is 11.8 Å². The zero-order chi connectivity index (χ0) is 25.0. The molecule has 1 aromatic heterocycles. The molecule has 0 aliphatic heterocycles. The Labute approximate surface area is 217 Å². The van der Waals surface area contributed by atoms with Gasteiger partial charge in [-0.1, -0.05) is 61.9 Å². The summed E-state index contributed by atoms with van der Waals surface area (Å²) in [6.45, 7) is 5.03. The number of nitrogens with zero attached hydrogens (tertiary/aromatic N) is 1. The Morgan fingerprint density at radius 3 is 2.58 bits per heavy atom. The normalized spacial score (nSPS) is 39.3. The van der Waals surface area contributed by atoms with E-state index in [1.165, 1.54) is 30.4 Å². The Hall–Kier alpha value is -1.97. The molecule has 0 amide bonds. The average molecular weight is 486 g/mol. The maximum Gasteiger partial charge on any atom is 0.0933 e. The standard InChI is InChI=1S/C33H43NO2/c1-31-17-15-26(35)21-25(31)10-11-27-28-12-13-30(32(28,2)18-16-29(27)31)33(36,24-8-4-3-5-9-24)19-14-23-7-6-20-34-22-23/h3-10,20,22,26-30,35-36H,11-19,21H2,1-2H3/t26-,27-,28-,29-,30-,31-,32-,33?/m0/s1. The summed E-state index contributed by atoms with van der Waals surface area (Å²) in [4.78, 5) is 4.32. The molecule has 4 aliphatic rings. The highest BCUT2D eigenvalue weighted by molar-refractivity contribution is 5.29. The average Bonchev–Trinajstić information content (AvgIpc) is 3.27. The first-order valence-corrected chi connectivity index (χ1v) is 14.4. The summed E-state index contributed by atoms with van der Waals surface area (Å²) in [5.41, 5.74) is 3.41. The van der Waals surface area contributed by atoms with Crippen LogP contribution >= 0.6 is 0 Å². The number of pyridine rings is 1. The van der Waals surface area contributed by atoms with Crippen LogP contribution in [0.2, 0.25) is 0 Å². The first-order chi connectivity index (χ1) is 17.3. The summed E-state index contributed by atoms with van der Waals surface area (Å²) in [7, 11) is 0. The molecule has 0 radical (unpaired) electrons. The second-order valence-corrected chi connectivity index (χ2v) is 13.0. The second kappa shape index (κ2) is 9.10. The molecule has 1 unspecified atom stereocenters. The number of fused-ring (bicyclic) bond motifs is 5. The van der Waals surface area contributed by atoms with Crippen molar-refractivity contribution in [1.29, 1.82) is 0 Å². The van der Waals surface area contributed by atoms with Crippen LogP contribution in [0, 0.1) is 34.5 Å². The zero-order valence-corrected chi connectivity index (χ0v) is 22.1. The highest BCUT2D eigenvalue weighted by atomic mass is 16.3. The predicted octanol–water partition coefficient (Wildman–Crippen LogP) is 6.84. The van der Waals surface area contributed by atoms with Crippen LogP contribution in [-0.4, -0.2) is 21.3 Å². The van der Waals surface area contributed by atoms with E-state index in [1.54, 1.807) is 0 Å². The van der Waals surface area contributed by atoms with E-state index in [1.807, 2.05) is 18.5 Å². The maximum absolute atomic E-state index is 12.7. The van der Waals surface area contributed by atoms with Gasteiger partial charge in [0.15, 0.2) is 0 Å². The Morgan fingerprint density at radius 1 is 0.972 bits per heavy atom. The largest absolute Gasteiger partial charge is 0.393 e. The highest BCUT2D eigenvalue weighted by Crippen LogP contribution is 2.68. The van der Waals surface area contributed by atoms with Crippen molar-refractivity contribution >= 4 is 0 Å². The van der Waals surface area contributed by atoms with Gasteiger partial charge >= 0.3 is 0 Å². The summed E-state index contributed by atoms with van der Waals surface area (Å²) in [6, 6.07) is 14.7. The monoisotopic (exact) mass is 485 g/mol. The third-order valence-electron chi connectivity index (χ3n) is 11.4. The van der Waals surface area contributed by atoms with Crippen molar-refractivity contribution in [2.75, 3.05) is 0 Å². The minimum atomic E-state index is -0.831. The molecule has 192 valence electrons. The summed E-state index contributed by atoms with van der Waals surface area (Å²) < 4.78 is 0. The smallest absolute Gasteiger partial charge is 0.0933 e. The van der Waals surface area contributed by atoms with E-state index >= 15 is 0 Å². The van der Waals surface area contributed by atoms with Crippen molar-refractivity contribution in [2.45, 2.75) is 89.8 Å². The molecule has 0 saturated heterocycles. The van der Waals surface area contributed by atoms with Crippen molar-refractivity contribution in [1.82, 2.24) is 4.98 Å². The molecule has 3 saturated carbocycles. The lowest BCUT2D eigenvalue weighted by Crippen LogP contribution is -2.53. The number of rotatable bonds is 5. The number of hydrogen-bond donors (Lipinski definition) is 2. The SMILES string of the molecule is C[C@]12CC[C@H]3[C@@H](CC=C4C[C@@H](O)CC[C@@]43C)[C@@H]1CC[C@@H]2C(O)(CCc1cccnc1)c1ccccc1. The first kappa shape index (κ1) is 24.4. The lowest BCUT2D eigenvalue weighted by Gasteiger charge is -2.59. The van der Waals surface area contributed by atoms with E-state index in [2.05, 4.69) is 61.3 Å². The van der Waals surface area contributed by atoms with Gasteiger partial charge in [-0.2, -0.15) is 0 Å². The lowest BCUT2D eigenvalue weighted by molar-refractivity contribution is -0.117. The van der Waals surface area contributed by atoms with Gasteiger partial charge in [0.1, 0.15) is 0 Å². The summed E-state index contributed by atoms with van der Waals surface area (Å²) in [5.74, 6) is 2.36. The zero-order valence-electron chi connectivity index (χ0n) is 22.1. The summed E-state index contributed by atoms with van der Waals surface area (Å²) in [6.07, 6.45) is 16.6. The Balaban J connectivity index is 1.32. The minimum Gasteiger partial charge on any atom is -0.393 e. The predicted molar refractivity (Wildman–Crippen MR) is 144 cm³/mol. The number of aromatic nitrogens is 1. The molecule has 1 aromatic carbocycles. The molecule has 1 heterocycles. The summed E-state index contributed by atoms with van der Waals surface area (Å²) >= 11 is 0. The van der Waals surface area contributed by atoms with Crippen molar-refractivity contribution in [3.05, 3.63) is 77.6 Å². The number of aliphatic hydroxyl groups excluding tert-OH is 1. The third kappa shape index (κ3) is 3.80. The van der Waals surface area contributed by atoms with E-state index in [-0.39, 0.29) is 22.9 Å². The molecular formula is C33H43NO2. The van der Waals surface area contributed by atoms with Gasteiger partial charge in [0.25, 0.3) is 0 Å². The van der Waals surface area contributed by atoms with Gasteiger partial charge in [0.05, 0.1) is 11.7 Å². The molecule has 6 rings (SSSR count). The van der Waals surface area contributed by atoms with Gasteiger partial charge in [0, 0.05) is 12.4 Å². The Morgan fingerprint density at radius 2 is 1.81 bits per heavy atom. The Kier molecular flexibility index (Phi) is 6.16. The fraction of sp³-hybridized carbons (Fsp3) is 0.606. The quantitative estimate of drug-likeness (QED) is 0.456. The number of benzene rings is 1. The van der Waals surface area contributed by atoms with Crippen LogP contribution in [0.1, 0.15) is 82.8 Å². The first-order valence-electron chi connectivity index (χ1n) is 14.4. The number of hydrogen-bond acceptors (Lipinski definition) is 3. The van der Waals surface area contributed by atoms with Gasteiger partial charge < -0.3 is 10.2 Å². The highest BCUT2D eigenvalue weighted by Gasteiger charge is 2.62. The molecule has 3 heteroatoms. The molecule has 8 atom stereocenters. The topological polar surface area (TPSA) is 53.4 Å². The van der Waals surface area contributed by atoms with E-state index in [4.69, 9.17) is 0 Å². The third-order valence-corrected chi connectivity index (χ3v) is 11.4. The van der Waals surface area contributed by atoms with Crippen LogP contribution in [0.3, 0.4) is 0 Å². The van der Waals surface area contributed by atoms with Crippen LogP contribution in [0.15, 0.2) is 66.5 Å². The number of aryl methyl sites for hydroxylation is 1. The van der Waals surface area contributed by atoms with Crippen molar-refractivity contribution < 1.29 is 10.2 Å². The molecule has 0 spiro atoms. The fourth-order valence-electron chi connectivity index (χ4n) is 9.55. The van der Waals surface area contributed by atoms with Crippen molar-refractivity contribution in [2.24, 2.45) is 34.5 Å². The number of allylic oxidation sites excluding steroid dienone is 1. The van der Waals surface area contributed by atoms with Crippen LogP contribution in [0.5, 0.6) is 0 Å². The van der Waals surface area contributed by atoms with Gasteiger partial charge in [-0.25, -0.2) is 0 Å². The van der Waals surface area contributed by atoms with Gasteiger partial charge in [-0.05, 0) is 116 Å². The molecular weight excluding hydrogens is 442 g/mol. The fourth-order valence-corrected chi connectivity index (χ4v) is 9.55. The van der Waals surface area contributed by atoms with Crippen molar-refractivity contribution in [3.63, 3.8) is 0 Å². The van der Waals surface area contributed by atoms with Crippen molar-refractivity contribution in [3.8, 4) is 0 Å². The minimum absolute atomic E-state index is 0.147. The molecule has 0 bridgehead atoms. The molecule has 36 heavy (non-hydrogen) atoms. The molecule has 3 fully saturated rings. The van der Waals surface area contributed by atoms with Crippen LogP contribution in [-0.2, 0) is 12.0 Å². The number of aliphatic hydroxyl groups is 2. The van der Waals surface area contributed by atoms with Crippen LogP contribution < -0.4 is 0 Å². The van der Waals surface area contributed by atoms with E-state index in [0.717, 1.165) is 56.4 Å². The van der Waals surface area contributed by atoms with Gasteiger partial charge in [-0.15, -0.1) is 0 Å². The van der Waals surface area contributed by atoms with Gasteiger partial charge in [-0.3, -0.25) is 4.98 Å². The molecule has 4 aliphatic carbocycles. The van der Waals surface area contributed by atoms with Crippen LogP contribution in [0.25, 0.3) is 0 Å². The molecule has 3 nitrogen and oxygen atoms in total. The maximum atomic E-state index is 12.7. The van der Waals surface area contributed by atoms with Gasteiger partial charge in [0.2, 0.25) is 0 Å². The lowest BCUT2D eigenvalue weighted by atomic mass is 9.46.